The molecule has 0 heterocycles. The van der Waals surface area contributed by atoms with Crippen LogP contribution >= 0.6 is 7.82 Å². The minimum absolute atomic E-state index is 0.00402. The van der Waals surface area contributed by atoms with E-state index in [9.17, 15) is 29.2 Å². The van der Waals surface area contributed by atoms with Crippen molar-refractivity contribution in [3.8, 4) is 0 Å². The van der Waals surface area contributed by atoms with E-state index in [1.54, 1.807) is 12.2 Å². The molecular weight excluding hydrogens is 747 g/mol. The van der Waals surface area contributed by atoms with E-state index < -0.39 is 50.6 Å². The van der Waals surface area contributed by atoms with Crippen LogP contribution in [-0.4, -0.2) is 69.2 Å². The predicted molar refractivity (Wildman–Crippen MR) is 226 cm³/mol. The molecule has 12 heteroatoms. The molecule has 0 bridgehead atoms. The minimum atomic E-state index is -4.82. The monoisotopic (exact) mass is 831 g/mol. The van der Waals surface area contributed by atoms with E-state index in [0.717, 1.165) is 57.3 Å². The van der Waals surface area contributed by atoms with Crippen LogP contribution in [0.25, 0.3) is 0 Å². The Morgan fingerprint density at radius 2 is 1.21 bits per heavy atom. The summed E-state index contributed by atoms with van der Waals surface area (Å²) in [5.41, 5.74) is 0. The number of phosphoric ester groups is 1. The van der Waals surface area contributed by atoms with Crippen molar-refractivity contribution in [2.75, 3.05) is 13.2 Å². The molecule has 0 aromatic rings. The van der Waals surface area contributed by atoms with Gasteiger partial charge < -0.3 is 29.5 Å². The van der Waals surface area contributed by atoms with Gasteiger partial charge in [0, 0.05) is 25.2 Å². The van der Waals surface area contributed by atoms with Gasteiger partial charge in [-0.2, -0.15) is 0 Å². The molecule has 1 aliphatic rings. The van der Waals surface area contributed by atoms with E-state index >= 15 is 0 Å². The average Bonchev–Trinajstić information content (AvgIpc) is 3.42. The van der Waals surface area contributed by atoms with Crippen LogP contribution in [0, 0.1) is 17.8 Å². The van der Waals surface area contributed by atoms with E-state index in [0.29, 0.717) is 32.1 Å². The van der Waals surface area contributed by atoms with Crippen LogP contribution in [0.3, 0.4) is 0 Å². The lowest BCUT2D eigenvalue weighted by atomic mass is 9.88. The zero-order valence-corrected chi connectivity index (χ0v) is 37.0. The Morgan fingerprint density at radius 1 is 0.719 bits per heavy atom. The Morgan fingerprint density at radius 3 is 1.74 bits per heavy atom. The number of hydrogen-bond donors (Lipinski definition) is 4. The lowest BCUT2D eigenvalue weighted by molar-refractivity contribution is -0.161. The number of hydrogen-bond acceptors (Lipinski definition) is 9. The van der Waals surface area contributed by atoms with Gasteiger partial charge in [-0.25, -0.2) is 4.57 Å². The van der Waals surface area contributed by atoms with Crippen LogP contribution < -0.4 is 0 Å². The number of carbonyl (C=O) groups is 3. The number of allylic oxidation sites excluding steroid dienone is 1. The third-order valence-corrected chi connectivity index (χ3v) is 11.6. The van der Waals surface area contributed by atoms with Gasteiger partial charge >= 0.3 is 19.8 Å². The molecule has 1 saturated carbocycles. The summed E-state index contributed by atoms with van der Waals surface area (Å²) in [5, 5.41) is 20.7. The molecule has 0 unspecified atom stereocenters. The number of ether oxygens (including phenoxy) is 2. The molecular formula is C45H83O11P. The third kappa shape index (κ3) is 31.0. The number of ketones is 1. The van der Waals surface area contributed by atoms with Crippen molar-refractivity contribution in [1.82, 2.24) is 0 Å². The summed E-state index contributed by atoms with van der Waals surface area (Å²) in [6.07, 6.45) is 29.8. The molecule has 1 fully saturated rings. The van der Waals surface area contributed by atoms with Gasteiger partial charge in [0.05, 0.1) is 18.8 Å². The molecule has 0 amide bonds. The first kappa shape index (κ1) is 53.4. The quantitative estimate of drug-likeness (QED) is 0.0201. The number of carbonyl (C=O) groups excluding carboxylic acids is 3. The minimum Gasteiger partial charge on any atom is -0.462 e. The molecule has 4 N–H and O–H groups in total. The van der Waals surface area contributed by atoms with Crippen LogP contribution in [0.15, 0.2) is 12.2 Å². The van der Waals surface area contributed by atoms with Crippen LogP contribution in [0.5, 0.6) is 0 Å². The van der Waals surface area contributed by atoms with Crippen molar-refractivity contribution >= 4 is 25.5 Å². The second kappa shape index (κ2) is 34.1. The second-order valence-electron chi connectivity index (χ2n) is 17.0. The number of phosphoric acid groups is 1. The molecule has 11 nitrogen and oxygen atoms in total. The number of unbranched alkanes of at least 4 members (excludes halogenated alkanes) is 20. The Kier molecular flexibility index (Phi) is 32.0. The topological polar surface area (TPSA) is 177 Å². The van der Waals surface area contributed by atoms with E-state index in [-0.39, 0.29) is 37.6 Å². The fourth-order valence-corrected chi connectivity index (χ4v) is 8.00. The van der Waals surface area contributed by atoms with Gasteiger partial charge in [0.2, 0.25) is 0 Å². The SMILES string of the molecule is CCCCC[C@H](O)/C=C/[C@H]1C(=O)C[C@H](O)[C@@H]1CCCCCCC(=O)O[C@H](COC(=O)CCCCCCCCCCCCCCCCCCC(C)C)COP(=O)(O)O. The van der Waals surface area contributed by atoms with Crippen LogP contribution in [0.2, 0.25) is 0 Å². The first-order valence-corrected chi connectivity index (χ1v) is 24.5. The highest BCUT2D eigenvalue weighted by Gasteiger charge is 2.39. The van der Waals surface area contributed by atoms with Crippen molar-refractivity contribution in [3.63, 3.8) is 0 Å². The zero-order chi connectivity index (χ0) is 42.2. The van der Waals surface area contributed by atoms with Gasteiger partial charge in [0.25, 0.3) is 0 Å². The molecule has 0 saturated heterocycles. The highest BCUT2D eigenvalue weighted by atomic mass is 31.2. The summed E-state index contributed by atoms with van der Waals surface area (Å²) in [6.45, 7) is 5.75. The van der Waals surface area contributed by atoms with Gasteiger partial charge in [0.1, 0.15) is 12.4 Å². The number of aliphatic hydroxyl groups is 2. The fraction of sp³-hybridized carbons (Fsp3) is 0.889. The molecule has 0 spiro atoms. The number of aliphatic hydroxyl groups excluding tert-OH is 2. The molecule has 0 aromatic carbocycles. The third-order valence-electron chi connectivity index (χ3n) is 11.1. The summed E-state index contributed by atoms with van der Waals surface area (Å²) < 4.78 is 26.5. The summed E-state index contributed by atoms with van der Waals surface area (Å²) in [7, 11) is -4.82. The van der Waals surface area contributed by atoms with E-state index in [1.165, 1.54) is 83.5 Å². The van der Waals surface area contributed by atoms with E-state index in [1.807, 2.05) is 0 Å². The normalized spacial score (nSPS) is 18.5. The zero-order valence-electron chi connectivity index (χ0n) is 36.1. The van der Waals surface area contributed by atoms with Crippen LogP contribution in [0.1, 0.15) is 207 Å². The van der Waals surface area contributed by atoms with Gasteiger partial charge in [-0.05, 0) is 37.5 Å². The molecule has 0 aromatic heterocycles. The van der Waals surface area contributed by atoms with Gasteiger partial charge in [-0.15, -0.1) is 0 Å². The highest BCUT2D eigenvalue weighted by molar-refractivity contribution is 7.46. The standard InChI is InChI=1S/C45H83O11P/c1-4-5-22-28-38(46)32-33-41-40(42(47)34-43(41)48)29-24-20-21-26-31-45(50)56-39(36-55-57(51,52)53)35-54-44(49)30-25-19-17-15-13-11-9-7-6-8-10-12-14-16-18-23-27-37(2)3/h32-33,37-42,46-47H,4-31,34-36H2,1-3H3,(H2,51,52,53)/b33-32+/t38-,39+,40+,41+,42-/m0/s1. The van der Waals surface area contributed by atoms with Crippen molar-refractivity contribution in [2.24, 2.45) is 17.8 Å². The lowest BCUT2D eigenvalue weighted by Crippen LogP contribution is -2.29. The summed E-state index contributed by atoms with van der Waals surface area (Å²) in [5.74, 6) is -0.795. The van der Waals surface area contributed by atoms with Gasteiger partial charge in [-0.1, -0.05) is 174 Å². The molecule has 0 radical (unpaired) electrons. The highest BCUT2D eigenvalue weighted by Crippen LogP contribution is 2.36. The fourth-order valence-electron chi connectivity index (χ4n) is 7.64. The maximum absolute atomic E-state index is 12.5. The van der Waals surface area contributed by atoms with Gasteiger partial charge in [-0.3, -0.25) is 18.9 Å². The van der Waals surface area contributed by atoms with Crippen LogP contribution in [0.4, 0.5) is 0 Å². The molecule has 5 atom stereocenters. The van der Waals surface area contributed by atoms with Crippen molar-refractivity contribution in [2.45, 2.75) is 225 Å². The summed E-state index contributed by atoms with van der Waals surface area (Å²) >= 11 is 0. The lowest BCUT2D eigenvalue weighted by Gasteiger charge is -2.19. The summed E-state index contributed by atoms with van der Waals surface area (Å²) in [4.78, 5) is 55.7. The van der Waals surface area contributed by atoms with E-state index in [4.69, 9.17) is 19.3 Å². The smallest absolute Gasteiger partial charge is 0.462 e. The maximum Gasteiger partial charge on any atom is 0.469 e. The maximum atomic E-state index is 12.5. The largest absolute Gasteiger partial charge is 0.469 e. The molecule has 57 heavy (non-hydrogen) atoms. The number of rotatable bonds is 38. The number of Topliss-reactive ketones (excluding diaryl/α,β-unsaturated/α-hetero) is 1. The van der Waals surface area contributed by atoms with E-state index in [2.05, 4.69) is 25.3 Å². The Hall–Kier alpha value is -1.62. The molecule has 334 valence electrons. The molecule has 0 aliphatic heterocycles. The summed E-state index contributed by atoms with van der Waals surface area (Å²) in [6, 6.07) is 0. The number of esters is 2. The molecule has 1 rings (SSSR count). The van der Waals surface area contributed by atoms with Gasteiger partial charge in [0.15, 0.2) is 6.10 Å². The predicted octanol–water partition coefficient (Wildman–Crippen LogP) is 10.6. The second-order valence-corrected chi connectivity index (χ2v) is 18.2. The van der Waals surface area contributed by atoms with Crippen LogP contribution in [-0.2, 0) is 32.9 Å². The average molecular weight is 831 g/mol. The first-order valence-electron chi connectivity index (χ1n) is 22.9. The Balaban J connectivity index is 2.19. The Bertz CT molecular complexity index is 1110. The first-order chi connectivity index (χ1) is 27.3. The van der Waals surface area contributed by atoms with Crippen molar-refractivity contribution in [3.05, 3.63) is 12.2 Å². The van der Waals surface area contributed by atoms with Crippen molar-refractivity contribution in [1.29, 1.82) is 0 Å². The Labute approximate surface area is 346 Å². The molecule has 1 aliphatic carbocycles. The van der Waals surface area contributed by atoms with Crippen molar-refractivity contribution < 1.29 is 52.9 Å².